The van der Waals surface area contributed by atoms with E-state index in [1.807, 2.05) is 66.4 Å². The first-order chi connectivity index (χ1) is 31.1. The molecule has 2 saturated heterocycles. The van der Waals surface area contributed by atoms with Gasteiger partial charge in [0, 0.05) is 31.6 Å². The van der Waals surface area contributed by atoms with E-state index in [0.717, 1.165) is 87.3 Å². The smallest absolute Gasteiger partial charge is 0.407 e. The molecular formula is C50H56N8O6. The highest BCUT2D eigenvalue weighted by molar-refractivity contribution is 5.91. The summed E-state index contributed by atoms with van der Waals surface area (Å²) in [7, 11) is 2.60. The van der Waals surface area contributed by atoms with Crippen molar-refractivity contribution in [1.29, 1.82) is 0 Å². The third-order valence-electron chi connectivity index (χ3n) is 12.6. The van der Waals surface area contributed by atoms with Crippen LogP contribution in [0.25, 0.3) is 44.4 Å². The number of aromatic amines is 1. The molecule has 3 N–H and O–H groups in total. The maximum absolute atomic E-state index is 14.1. The molecule has 2 aromatic heterocycles. The molecule has 0 radical (unpaired) electrons. The van der Waals surface area contributed by atoms with E-state index >= 15 is 0 Å². The molecule has 6 aromatic rings. The van der Waals surface area contributed by atoms with Crippen LogP contribution in [0.2, 0.25) is 0 Å². The maximum atomic E-state index is 14.1. The van der Waals surface area contributed by atoms with Crippen LogP contribution in [0.1, 0.15) is 75.8 Å². The quantitative estimate of drug-likeness (QED) is 0.104. The van der Waals surface area contributed by atoms with Gasteiger partial charge < -0.3 is 39.5 Å². The first kappa shape index (κ1) is 43.7. The van der Waals surface area contributed by atoms with Gasteiger partial charge in [-0.1, -0.05) is 92.7 Å². The van der Waals surface area contributed by atoms with Crippen LogP contribution in [0.4, 0.5) is 9.59 Å². The second-order valence-corrected chi connectivity index (χ2v) is 16.9. The molecule has 2 aliphatic rings. The fourth-order valence-electron chi connectivity index (χ4n) is 9.24. The molecule has 64 heavy (non-hydrogen) atoms. The number of alkyl carbamates (subject to hydrolysis) is 2. The number of nitrogens with one attached hydrogen (secondary N) is 3. The topological polar surface area (TPSA) is 164 Å². The predicted octanol–water partition coefficient (Wildman–Crippen LogP) is 8.46. The molecule has 0 saturated carbocycles. The molecule has 332 valence electrons. The van der Waals surface area contributed by atoms with Gasteiger partial charge in [-0.2, -0.15) is 0 Å². The monoisotopic (exact) mass is 864 g/mol. The highest BCUT2D eigenvalue weighted by atomic mass is 16.5. The molecular weight excluding hydrogens is 809 g/mol. The Labute approximate surface area is 373 Å². The Kier molecular flexibility index (Phi) is 13.1. The molecule has 0 aliphatic carbocycles. The zero-order chi connectivity index (χ0) is 44.9. The Morgan fingerprint density at radius 2 is 1.33 bits per heavy atom. The number of hydrogen-bond donors (Lipinski definition) is 3. The standard InChI is InChI=1S/C50H56N8O6/c1-6-56-43(30-52-46(56)42-15-11-25-58(42)47(59)39(54-49(61)63-4)26-32-12-8-7-9-13-32)34-18-16-33(17-19-34)35-20-21-37-28-38(23-22-36(37)27-35)40-29-51-45(53-40)41-14-10-24-57(41)48(60)44(31(2)3)55-50(62)64-5/h7-9,12-13,16-23,27-31,39,41-42,44H,6,10-11,14-15,24-26H2,1-5H3,(H,51,53)(H,54,61)(H,55,62)/t39-,41-,42-,44-/m0/s1. The molecule has 2 fully saturated rings. The largest absolute Gasteiger partial charge is 0.453 e. The summed E-state index contributed by atoms with van der Waals surface area (Å²) in [5, 5.41) is 7.68. The molecule has 14 heteroatoms. The zero-order valence-electron chi connectivity index (χ0n) is 37.0. The number of hydrogen-bond acceptors (Lipinski definition) is 8. The molecule has 14 nitrogen and oxygen atoms in total. The third kappa shape index (κ3) is 9.08. The van der Waals surface area contributed by atoms with E-state index in [0.29, 0.717) is 26.1 Å². The second kappa shape index (κ2) is 19.2. The number of carbonyl (C=O) groups is 4. The summed E-state index contributed by atoms with van der Waals surface area (Å²) < 4.78 is 11.9. The lowest BCUT2D eigenvalue weighted by Crippen LogP contribution is -2.51. The van der Waals surface area contributed by atoms with Crippen LogP contribution >= 0.6 is 0 Å². The lowest BCUT2D eigenvalue weighted by atomic mass is 9.98. The van der Waals surface area contributed by atoms with Crippen molar-refractivity contribution in [3.8, 4) is 33.6 Å². The van der Waals surface area contributed by atoms with Crippen molar-refractivity contribution in [2.45, 2.75) is 83.6 Å². The van der Waals surface area contributed by atoms with E-state index in [1.54, 1.807) is 0 Å². The number of rotatable bonds is 13. The summed E-state index contributed by atoms with van der Waals surface area (Å²) in [6, 6.07) is 29.1. The van der Waals surface area contributed by atoms with Crippen molar-refractivity contribution >= 4 is 34.8 Å². The van der Waals surface area contributed by atoms with Crippen LogP contribution in [-0.4, -0.2) is 92.7 Å². The summed E-state index contributed by atoms with van der Waals surface area (Å²) in [6.07, 6.45) is 6.06. The normalized spacial score (nSPS) is 17.1. The number of benzene rings is 4. The van der Waals surface area contributed by atoms with E-state index in [9.17, 15) is 19.2 Å². The number of methoxy groups -OCH3 is 2. The van der Waals surface area contributed by atoms with Crippen molar-refractivity contribution in [3.05, 3.63) is 121 Å². The van der Waals surface area contributed by atoms with Gasteiger partial charge in [-0.05, 0) is 83.7 Å². The van der Waals surface area contributed by atoms with E-state index < -0.39 is 24.3 Å². The first-order valence-electron chi connectivity index (χ1n) is 22.2. The van der Waals surface area contributed by atoms with Crippen molar-refractivity contribution in [2.75, 3.05) is 27.3 Å². The van der Waals surface area contributed by atoms with Gasteiger partial charge in [0.2, 0.25) is 11.8 Å². The van der Waals surface area contributed by atoms with E-state index in [-0.39, 0.29) is 29.8 Å². The lowest BCUT2D eigenvalue weighted by Gasteiger charge is -2.30. The Morgan fingerprint density at radius 1 is 0.719 bits per heavy atom. The summed E-state index contributed by atoms with van der Waals surface area (Å²) in [5.74, 6) is 1.17. The average Bonchev–Trinajstić information content (AvgIpc) is 4.17. The Morgan fingerprint density at radius 3 is 2.00 bits per heavy atom. The van der Waals surface area contributed by atoms with Gasteiger partial charge in [-0.25, -0.2) is 19.6 Å². The summed E-state index contributed by atoms with van der Waals surface area (Å²) in [5.41, 5.74) is 7.00. The molecule has 4 aromatic carbocycles. The Hall–Kier alpha value is -6.96. The molecule has 8 rings (SSSR count). The van der Waals surface area contributed by atoms with Crippen molar-refractivity contribution in [3.63, 3.8) is 0 Å². The number of aromatic nitrogens is 4. The third-order valence-corrected chi connectivity index (χ3v) is 12.6. The van der Waals surface area contributed by atoms with Crippen LogP contribution in [-0.2, 0) is 32.0 Å². The Bertz CT molecular complexity index is 2620. The highest BCUT2D eigenvalue weighted by Crippen LogP contribution is 2.37. The average molecular weight is 865 g/mol. The first-order valence-corrected chi connectivity index (χ1v) is 22.2. The van der Waals surface area contributed by atoms with Gasteiger partial charge in [0.1, 0.15) is 23.7 Å². The van der Waals surface area contributed by atoms with Crippen LogP contribution in [0, 0.1) is 5.92 Å². The second-order valence-electron chi connectivity index (χ2n) is 16.9. The number of ether oxygens (including phenoxy) is 2. The van der Waals surface area contributed by atoms with E-state index in [4.69, 9.17) is 19.4 Å². The fourth-order valence-corrected chi connectivity index (χ4v) is 9.24. The van der Waals surface area contributed by atoms with Crippen LogP contribution in [0.5, 0.6) is 0 Å². The number of H-pyrrole nitrogens is 1. The zero-order valence-corrected chi connectivity index (χ0v) is 37.0. The van der Waals surface area contributed by atoms with Gasteiger partial charge in [-0.15, -0.1) is 0 Å². The number of amides is 4. The van der Waals surface area contributed by atoms with Crippen LogP contribution in [0.3, 0.4) is 0 Å². The van der Waals surface area contributed by atoms with Gasteiger partial charge in [0.05, 0.1) is 50.1 Å². The summed E-state index contributed by atoms with van der Waals surface area (Å²) in [4.78, 5) is 68.9. The van der Waals surface area contributed by atoms with Crippen molar-refractivity contribution in [2.24, 2.45) is 5.92 Å². The summed E-state index contributed by atoms with van der Waals surface area (Å²) >= 11 is 0. The number of carbonyl (C=O) groups excluding carboxylic acids is 4. The van der Waals surface area contributed by atoms with Gasteiger partial charge in [0.25, 0.3) is 0 Å². The van der Waals surface area contributed by atoms with Gasteiger partial charge >= 0.3 is 12.2 Å². The molecule has 4 atom stereocenters. The predicted molar refractivity (Wildman–Crippen MR) is 245 cm³/mol. The SMILES string of the molecule is CCn1c(-c2ccc(-c3ccc4cc(-c5cnc([C@@H]6CCCN6C(=O)[C@@H](NC(=O)OC)C(C)C)[nH]5)ccc4c3)cc2)cnc1[C@@H]1CCCN1C(=O)[C@H](Cc1ccccc1)NC(=O)OC. The van der Waals surface area contributed by atoms with Gasteiger partial charge in [-0.3, -0.25) is 9.59 Å². The maximum Gasteiger partial charge on any atom is 0.407 e. The molecule has 0 spiro atoms. The minimum atomic E-state index is -0.772. The fraction of sp³-hybridized carbons (Fsp3) is 0.360. The summed E-state index contributed by atoms with van der Waals surface area (Å²) in [6.45, 7) is 7.76. The number of nitrogens with zero attached hydrogens (tertiary/aromatic N) is 5. The van der Waals surface area contributed by atoms with E-state index in [1.165, 1.54) is 14.2 Å². The van der Waals surface area contributed by atoms with Crippen molar-refractivity contribution in [1.82, 2.24) is 40.0 Å². The van der Waals surface area contributed by atoms with E-state index in [2.05, 4.69) is 87.8 Å². The molecule has 0 unspecified atom stereocenters. The molecule has 2 aliphatic heterocycles. The number of likely N-dealkylation sites (tertiary alicyclic amines) is 2. The number of fused-ring (bicyclic) bond motifs is 1. The minimum Gasteiger partial charge on any atom is -0.453 e. The van der Waals surface area contributed by atoms with Crippen LogP contribution < -0.4 is 10.6 Å². The van der Waals surface area contributed by atoms with Crippen molar-refractivity contribution < 1.29 is 28.7 Å². The molecule has 4 heterocycles. The molecule has 4 amide bonds. The lowest BCUT2D eigenvalue weighted by molar-refractivity contribution is -0.135. The van der Waals surface area contributed by atoms with Crippen LogP contribution in [0.15, 0.2) is 103 Å². The number of imidazole rings is 2. The molecule has 0 bridgehead atoms. The minimum absolute atomic E-state index is 0.108. The Balaban J connectivity index is 0.964. The van der Waals surface area contributed by atoms with Gasteiger partial charge in [0.15, 0.2) is 0 Å². The highest BCUT2D eigenvalue weighted by Gasteiger charge is 2.39.